The van der Waals surface area contributed by atoms with Gasteiger partial charge in [-0.1, -0.05) is 176 Å². The molecule has 0 bridgehead atoms. The molecule has 0 amide bonds. The fraction of sp³-hybridized carbons (Fsp3) is 0. The first-order valence-electron chi connectivity index (χ1n) is 33.8. The summed E-state index contributed by atoms with van der Waals surface area (Å²) in [6.45, 7) is 0. The van der Waals surface area contributed by atoms with Crippen LogP contribution in [0.5, 0.6) is 40.2 Å². The number of hydrogen-bond donors (Lipinski definition) is 12. The number of pyridine rings is 4. The summed E-state index contributed by atoms with van der Waals surface area (Å²) in [5, 5.41) is 92.6. The van der Waals surface area contributed by atoms with Gasteiger partial charge in [0.1, 0.15) is 56.2 Å². The Labute approximate surface area is 661 Å². The molecule has 0 spiro atoms. The summed E-state index contributed by atoms with van der Waals surface area (Å²) in [6.07, 6.45) is 4.71. The van der Waals surface area contributed by atoms with Crippen molar-refractivity contribution in [3.63, 3.8) is 0 Å². The van der Waals surface area contributed by atoms with Gasteiger partial charge in [-0.05, 0) is 177 Å². The van der Waals surface area contributed by atoms with Crippen LogP contribution in [-0.2, 0) is 21.1 Å². The molecule has 23 heteroatoms. The largest absolute Gasteiger partial charge is 0.508 e. The maximum absolute atomic E-state index is 10.5. The molecule has 12 aromatic carbocycles. The first-order chi connectivity index (χ1) is 53.4. The molecule has 111 heavy (non-hydrogen) atoms. The van der Waals surface area contributed by atoms with E-state index >= 15 is 0 Å². The molecule has 4 aromatic heterocycles. The summed E-state index contributed by atoms with van der Waals surface area (Å²) in [5.41, 5.74) is 26.9. The van der Waals surface area contributed by atoms with E-state index in [9.17, 15) is 40.2 Å². The minimum absolute atomic E-state index is 0. The Bertz CT molecular complexity index is 5590. The van der Waals surface area contributed by atoms with Gasteiger partial charge in [0, 0.05) is 81.8 Å². The first-order valence-corrected chi connectivity index (χ1v) is 34.6. The number of aliphatic imine (C=N–C) groups is 2. The summed E-state index contributed by atoms with van der Waals surface area (Å²) in [5.74, 6) is 1.08. The number of para-hydroxylation sites is 4. The van der Waals surface area contributed by atoms with Crippen LogP contribution in [0, 0.1) is 0 Å². The van der Waals surface area contributed by atoms with Crippen molar-refractivity contribution < 1.29 is 76.4 Å². The summed E-state index contributed by atoms with van der Waals surface area (Å²) >= 11 is 3.13. The molecule has 16 rings (SSSR count). The third kappa shape index (κ3) is 22.1. The number of phenols is 7. The van der Waals surface area contributed by atoms with Gasteiger partial charge < -0.3 is 63.0 Å². The third-order valence-corrected chi connectivity index (χ3v) is 16.8. The zero-order valence-electron chi connectivity index (χ0n) is 58.9. The Morgan fingerprint density at radius 2 is 0.586 bits per heavy atom. The van der Waals surface area contributed by atoms with E-state index in [0.717, 1.165) is 43.7 Å². The van der Waals surface area contributed by atoms with E-state index < -0.39 is 7.12 Å². The van der Waals surface area contributed by atoms with Gasteiger partial charge in [-0.15, -0.1) is 0 Å². The number of benzene rings is 12. The molecule has 554 valence electrons. The fourth-order valence-electron chi connectivity index (χ4n) is 11.1. The fourth-order valence-corrected chi connectivity index (χ4v) is 11.5. The number of aldehydes is 2. The van der Waals surface area contributed by atoms with Gasteiger partial charge in [-0.25, -0.2) is 19.9 Å². The second kappa shape index (κ2) is 40.2. The van der Waals surface area contributed by atoms with Gasteiger partial charge >= 0.3 is 7.12 Å². The van der Waals surface area contributed by atoms with Crippen molar-refractivity contribution in [2.45, 2.75) is 0 Å². The molecule has 0 aliphatic carbocycles. The Kier molecular flexibility index (Phi) is 29.4. The average molecular weight is 1720 g/mol. The number of nitrogens with two attached hydrogens (primary N) is 3. The number of nitrogens with zero attached hydrogens (tertiary/aromatic N) is 6. The smallest absolute Gasteiger partial charge is 0.492 e. The average Bonchev–Trinajstić information content (AvgIpc) is 0.798. The van der Waals surface area contributed by atoms with E-state index in [1.54, 1.807) is 134 Å². The Morgan fingerprint density at radius 3 is 0.928 bits per heavy atom. The van der Waals surface area contributed by atoms with Gasteiger partial charge in [-0.2, -0.15) is 0 Å². The standard InChI is InChI=1S/2C22H16N2O2.C12H9NO2.C10H10N2.C10H9NO.C6H7BO3.C6H4BrNO.Pt/c2*25-20-12-2-1-9-17(20)18-10-5-8-16(24-18)14-23-19-11-3-6-15-7-4-13-21(26)22(15)19;14-8-9-4-3-6-11(13-9)10-5-1-2-7-12(10)15;2*11-8-5-1-3-7-4-2-6-9(12)10(7)8;8-6-4-2-1-3-5(6)7(9)10;7-6-3-1-2-5(4-9)8-6;/h2*1-14,25-26H;1-8,15H;1-6H,11-12H2;1-6,12H,11H2;1-4,8-10H;1-4H;. The van der Waals surface area contributed by atoms with E-state index in [2.05, 4.69) is 45.9 Å². The minimum Gasteiger partial charge on any atom is -0.508 e. The number of halogens is 1. The van der Waals surface area contributed by atoms with Crippen molar-refractivity contribution >= 4 is 125 Å². The van der Waals surface area contributed by atoms with E-state index in [1.807, 2.05) is 182 Å². The molecule has 0 radical (unpaired) electrons. The zero-order valence-corrected chi connectivity index (χ0v) is 62.7. The van der Waals surface area contributed by atoms with E-state index in [-0.39, 0.29) is 66.8 Å². The molecule has 0 saturated heterocycles. The number of fused-ring (bicyclic) bond motifs is 4. The summed E-state index contributed by atoms with van der Waals surface area (Å²) < 4.78 is 0.687. The Morgan fingerprint density at radius 1 is 0.297 bits per heavy atom. The van der Waals surface area contributed by atoms with Crippen LogP contribution in [-0.4, -0.2) is 97.8 Å². The van der Waals surface area contributed by atoms with Crippen molar-refractivity contribution in [3.05, 3.63) is 343 Å². The number of rotatable bonds is 10. The van der Waals surface area contributed by atoms with Crippen molar-refractivity contribution in [1.29, 1.82) is 0 Å². The maximum atomic E-state index is 10.5. The van der Waals surface area contributed by atoms with Crippen molar-refractivity contribution in [2.24, 2.45) is 9.98 Å². The summed E-state index contributed by atoms with van der Waals surface area (Å²) in [6, 6.07) is 93.2. The van der Waals surface area contributed by atoms with Gasteiger partial charge in [0.15, 0.2) is 12.6 Å². The molecule has 20 nitrogen and oxygen atoms in total. The summed E-state index contributed by atoms with van der Waals surface area (Å²) in [4.78, 5) is 46.7. The number of carbonyl (C=O) groups excluding carboxylic acids is 2. The second-order valence-electron chi connectivity index (χ2n) is 23.8. The number of nitrogen functional groups attached to an aromatic ring is 3. The normalized spacial score (nSPS) is 10.4. The van der Waals surface area contributed by atoms with Crippen LogP contribution in [0.3, 0.4) is 0 Å². The van der Waals surface area contributed by atoms with Crippen LogP contribution in [0.25, 0.3) is 76.9 Å². The van der Waals surface area contributed by atoms with Crippen molar-refractivity contribution in [2.75, 3.05) is 17.2 Å². The van der Waals surface area contributed by atoms with Crippen LogP contribution in [0.4, 0.5) is 28.4 Å². The molecule has 0 saturated carbocycles. The molecule has 0 unspecified atom stereocenters. The number of aromatic hydroxyl groups is 7. The first kappa shape index (κ1) is 81.2. The van der Waals surface area contributed by atoms with Gasteiger partial charge in [0.05, 0.1) is 52.3 Å². The molecule has 0 fully saturated rings. The predicted octanol–water partition coefficient (Wildman–Crippen LogP) is 17.3. The van der Waals surface area contributed by atoms with Crippen LogP contribution in [0.1, 0.15) is 32.4 Å². The van der Waals surface area contributed by atoms with Gasteiger partial charge in [0.25, 0.3) is 0 Å². The predicted molar refractivity (Wildman–Crippen MR) is 443 cm³/mol. The Balaban J connectivity index is 0.000000155. The molecule has 15 N–H and O–H groups in total. The molecule has 16 aromatic rings. The number of carbonyl (C=O) groups is 2. The maximum Gasteiger partial charge on any atom is 0.492 e. The Hall–Kier alpha value is -13.9. The number of anilines is 3. The van der Waals surface area contributed by atoms with E-state index in [4.69, 9.17) is 32.4 Å². The number of phenolic OH excluding ortho intramolecular Hbond substituents is 7. The SMILES string of the molecule is Nc1cccc2cccc(N)c12.Nc1cccc2cccc(O)c12.O=Cc1cccc(-c2ccccc2O)n1.O=Cc1cccc(Br)n1.OB(O)c1ccccc1O.Oc1ccccc1-c1cccc(C=Nc2cccc3cccc(O)c23)n1.Oc1ccccc1-c1cccc(C=Nc2cccc3cccc(O)c23)n1.[Pt]. The van der Waals surface area contributed by atoms with Gasteiger partial charge in [0.2, 0.25) is 0 Å². The molecular weight excluding hydrogens is 1640 g/mol. The van der Waals surface area contributed by atoms with E-state index in [0.29, 0.717) is 102 Å². The quantitative estimate of drug-likeness (QED) is 0.0199. The topological polar surface area (TPSA) is 371 Å². The van der Waals surface area contributed by atoms with Crippen LogP contribution < -0.4 is 22.7 Å². The molecule has 0 atom stereocenters. The zero-order chi connectivity index (χ0) is 77.9. The van der Waals surface area contributed by atoms with Gasteiger partial charge in [-0.3, -0.25) is 19.6 Å². The van der Waals surface area contributed by atoms with Crippen LogP contribution in [0.15, 0.2) is 330 Å². The van der Waals surface area contributed by atoms with E-state index in [1.165, 1.54) is 12.1 Å². The molecule has 4 heterocycles. The van der Waals surface area contributed by atoms with Crippen LogP contribution in [0.2, 0.25) is 0 Å². The molecule has 0 aliphatic rings. The van der Waals surface area contributed by atoms with Crippen molar-refractivity contribution in [3.8, 4) is 74.0 Å². The molecule has 0 aliphatic heterocycles. The summed E-state index contributed by atoms with van der Waals surface area (Å²) in [7, 11) is -1.60. The third-order valence-electron chi connectivity index (χ3n) is 16.3. The minimum atomic E-state index is -1.60. The monoisotopic (exact) mass is 1710 g/mol. The van der Waals surface area contributed by atoms with Crippen molar-refractivity contribution in [1.82, 2.24) is 19.9 Å². The van der Waals surface area contributed by atoms with Crippen LogP contribution >= 0.6 is 15.9 Å². The second-order valence-corrected chi connectivity index (χ2v) is 24.6. The number of aromatic nitrogens is 4. The number of hydrogen-bond acceptors (Lipinski definition) is 20. The molecular formula is C88H71BBrN9O11Pt.